The van der Waals surface area contributed by atoms with Crippen LogP contribution in [0.1, 0.15) is 35.4 Å². The normalized spacial score (nSPS) is 20.5. The van der Waals surface area contributed by atoms with E-state index in [2.05, 4.69) is 35.0 Å². The van der Waals surface area contributed by atoms with Gasteiger partial charge in [0.05, 0.1) is 0 Å². The van der Waals surface area contributed by atoms with Gasteiger partial charge in [0.15, 0.2) is 5.78 Å². The lowest BCUT2D eigenvalue weighted by Crippen LogP contribution is -2.03. The molecule has 2 aromatic heterocycles. The van der Waals surface area contributed by atoms with Gasteiger partial charge in [0.1, 0.15) is 0 Å². The molecule has 0 aromatic carbocycles. The van der Waals surface area contributed by atoms with Crippen LogP contribution in [0, 0.1) is 0 Å². The van der Waals surface area contributed by atoms with E-state index in [1.54, 1.807) is 22.7 Å². The molecule has 0 bridgehead atoms. The van der Waals surface area contributed by atoms with Crippen molar-refractivity contribution in [3.8, 4) is 0 Å². The van der Waals surface area contributed by atoms with Crippen LogP contribution >= 0.6 is 22.7 Å². The first-order valence-corrected chi connectivity index (χ1v) is 8.62. The third-order valence-electron chi connectivity index (χ3n) is 3.44. The van der Waals surface area contributed by atoms with Gasteiger partial charge in [-0.2, -0.15) is 0 Å². The van der Waals surface area contributed by atoms with Gasteiger partial charge in [-0.25, -0.2) is 0 Å². The van der Waals surface area contributed by atoms with Crippen LogP contribution in [0.3, 0.4) is 0 Å². The fraction of sp³-hybridized carbons (Fsp3) is 0.235. The molecule has 0 radical (unpaired) electrons. The summed E-state index contributed by atoms with van der Waals surface area (Å²) >= 11 is 3.37. The van der Waals surface area contributed by atoms with Crippen LogP contribution in [-0.4, -0.2) is 5.78 Å². The minimum Gasteiger partial charge on any atom is -0.289 e. The number of Topliss-reactive ketones (excluding diaryl/α,β-unsaturated/α-hetero) is 1. The SMILES string of the molecule is O=C1C(=Cc2cccs2)CCCCC1=Cc1cccs1. The highest BCUT2D eigenvalue weighted by Gasteiger charge is 2.19. The third-order valence-corrected chi connectivity index (χ3v) is 5.08. The molecule has 0 atom stereocenters. The first-order chi connectivity index (χ1) is 9.83. The van der Waals surface area contributed by atoms with Crippen molar-refractivity contribution in [2.45, 2.75) is 25.7 Å². The van der Waals surface area contributed by atoms with Crippen LogP contribution in [0.5, 0.6) is 0 Å². The molecule has 3 heteroatoms. The summed E-state index contributed by atoms with van der Waals surface area (Å²) in [6.45, 7) is 0. The zero-order chi connectivity index (χ0) is 13.8. The molecule has 0 N–H and O–H groups in total. The van der Waals surface area contributed by atoms with Gasteiger partial charge in [-0.3, -0.25) is 4.79 Å². The number of allylic oxidation sites excluding steroid dienone is 2. The summed E-state index contributed by atoms with van der Waals surface area (Å²) < 4.78 is 0. The van der Waals surface area contributed by atoms with Gasteiger partial charge in [0.2, 0.25) is 0 Å². The molecule has 1 aliphatic rings. The lowest BCUT2D eigenvalue weighted by molar-refractivity contribution is -0.112. The summed E-state index contributed by atoms with van der Waals surface area (Å²) in [4.78, 5) is 15.0. The first-order valence-electron chi connectivity index (χ1n) is 6.86. The monoisotopic (exact) mass is 300 g/mol. The van der Waals surface area contributed by atoms with Crippen LogP contribution < -0.4 is 0 Å². The second-order valence-corrected chi connectivity index (χ2v) is 6.86. The third kappa shape index (κ3) is 3.17. The highest BCUT2D eigenvalue weighted by atomic mass is 32.1. The van der Waals surface area contributed by atoms with Gasteiger partial charge >= 0.3 is 0 Å². The summed E-state index contributed by atoms with van der Waals surface area (Å²) in [5, 5.41) is 4.10. The number of carbonyl (C=O) groups excluding carboxylic acids is 1. The maximum absolute atomic E-state index is 12.7. The standard InChI is InChI=1S/C17H16OS2/c18-17-13(11-15-7-3-9-19-15)5-1-2-6-14(17)12-16-8-4-10-20-16/h3-4,7-12H,1-2,5-6H2. The second-order valence-electron chi connectivity index (χ2n) is 4.91. The lowest BCUT2D eigenvalue weighted by Gasteiger charge is -2.04. The van der Waals surface area contributed by atoms with Crippen molar-refractivity contribution < 1.29 is 4.79 Å². The van der Waals surface area contributed by atoms with Crippen molar-refractivity contribution in [2.24, 2.45) is 0 Å². The van der Waals surface area contributed by atoms with E-state index in [1.807, 2.05) is 12.1 Å². The maximum Gasteiger partial charge on any atom is 0.185 e. The maximum atomic E-state index is 12.7. The van der Waals surface area contributed by atoms with E-state index in [0.717, 1.165) is 36.8 Å². The highest BCUT2D eigenvalue weighted by molar-refractivity contribution is 7.11. The molecule has 0 spiro atoms. The average Bonchev–Trinajstić information content (AvgIpc) is 3.10. The molecule has 1 aliphatic carbocycles. The van der Waals surface area contributed by atoms with E-state index >= 15 is 0 Å². The predicted octanol–water partition coefficient (Wildman–Crippen LogP) is 5.42. The Labute approximate surface area is 127 Å². The number of hydrogen-bond donors (Lipinski definition) is 0. The molecule has 20 heavy (non-hydrogen) atoms. The molecule has 0 aliphatic heterocycles. The Morgan fingerprint density at radius 3 is 1.75 bits per heavy atom. The number of ketones is 1. The Bertz CT molecular complexity index is 574. The Kier molecular flexibility index (Phi) is 4.28. The Morgan fingerprint density at radius 1 is 0.850 bits per heavy atom. The molecule has 1 fully saturated rings. The van der Waals surface area contributed by atoms with Crippen LogP contribution in [0.25, 0.3) is 12.2 Å². The second kappa shape index (κ2) is 6.33. The fourth-order valence-corrected chi connectivity index (χ4v) is 3.79. The Balaban J connectivity index is 1.91. The topological polar surface area (TPSA) is 17.1 Å². The molecular formula is C17H16OS2. The zero-order valence-electron chi connectivity index (χ0n) is 11.2. The van der Waals surface area contributed by atoms with Crippen molar-refractivity contribution in [1.29, 1.82) is 0 Å². The van der Waals surface area contributed by atoms with Gasteiger partial charge in [-0.15, -0.1) is 22.7 Å². The largest absolute Gasteiger partial charge is 0.289 e. The number of carbonyl (C=O) groups is 1. The van der Waals surface area contributed by atoms with Crippen LogP contribution in [0.15, 0.2) is 46.2 Å². The molecule has 3 rings (SSSR count). The minimum absolute atomic E-state index is 0.240. The van der Waals surface area contributed by atoms with Gasteiger partial charge in [-0.05, 0) is 60.7 Å². The van der Waals surface area contributed by atoms with Crippen molar-refractivity contribution >= 4 is 40.6 Å². The quantitative estimate of drug-likeness (QED) is 0.534. The van der Waals surface area contributed by atoms with E-state index in [0.29, 0.717) is 0 Å². The minimum atomic E-state index is 0.240. The first kappa shape index (κ1) is 13.5. The summed E-state index contributed by atoms with van der Waals surface area (Å²) in [5.41, 5.74) is 1.93. The van der Waals surface area contributed by atoms with E-state index in [1.165, 1.54) is 9.75 Å². The molecular weight excluding hydrogens is 284 g/mol. The molecule has 1 saturated carbocycles. The average molecular weight is 300 g/mol. The molecule has 102 valence electrons. The Morgan fingerprint density at radius 2 is 1.35 bits per heavy atom. The zero-order valence-corrected chi connectivity index (χ0v) is 12.8. The smallest absolute Gasteiger partial charge is 0.185 e. The van der Waals surface area contributed by atoms with Gasteiger partial charge < -0.3 is 0 Å². The highest BCUT2D eigenvalue weighted by Crippen LogP contribution is 2.28. The number of rotatable bonds is 2. The van der Waals surface area contributed by atoms with E-state index in [9.17, 15) is 4.79 Å². The molecule has 0 unspecified atom stereocenters. The predicted molar refractivity (Wildman–Crippen MR) is 88.1 cm³/mol. The molecule has 1 nitrogen and oxygen atoms in total. The molecule has 0 saturated heterocycles. The lowest BCUT2D eigenvalue weighted by atomic mass is 10.0. The summed E-state index contributed by atoms with van der Waals surface area (Å²) in [5.74, 6) is 0.240. The van der Waals surface area contributed by atoms with Crippen molar-refractivity contribution in [1.82, 2.24) is 0 Å². The summed E-state index contributed by atoms with van der Waals surface area (Å²) in [6.07, 6.45) is 8.15. The van der Waals surface area contributed by atoms with Gasteiger partial charge in [-0.1, -0.05) is 12.1 Å². The van der Waals surface area contributed by atoms with Crippen LogP contribution in [0.4, 0.5) is 0 Å². The molecule has 2 aromatic rings. The van der Waals surface area contributed by atoms with Crippen LogP contribution in [0.2, 0.25) is 0 Å². The van der Waals surface area contributed by atoms with Crippen molar-refractivity contribution in [3.63, 3.8) is 0 Å². The van der Waals surface area contributed by atoms with Gasteiger partial charge in [0.25, 0.3) is 0 Å². The van der Waals surface area contributed by atoms with E-state index < -0.39 is 0 Å². The van der Waals surface area contributed by atoms with Crippen LogP contribution in [-0.2, 0) is 4.79 Å². The molecule has 0 amide bonds. The summed E-state index contributed by atoms with van der Waals surface area (Å²) in [7, 11) is 0. The molecule has 2 heterocycles. The van der Waals surface area contributed by atoms with Gasteiger partial charge in [0, 0.05) is 20.9 Å². The number of thiophene rings is 2. The summed E-state index contributed by atoms with van der Waals surface area (Å²) in [6, 6.07) is 8.19. The van der Waals surface area contributed by atoms with Crippen molar-refractivity contribution in [3.05, 3.63) is 55.9 Å². The van der Waals surface area contributed by atoms with Crippen molar-refractivity contribution in [2.75, 3.05) is 0 Å². The van der Waals surface area contributed by atoms with E-state index in [-0.39, 0.29) is 5.78 Å². The van der Waals surface area contributed by atoms with E-state index in [4.69, 9.17) is 0 Å². The fourth-order valence-electron chi connectivity index (χ4n) is 2.43. The Hall–Kier alpha value is -1.45. The number of hydrogen-bond acceptors (Lipinski definition) is 3.